The Hall–Kier alpha value is -3.40. The van der Waals surface area contributed by atoms with E-state index in [0.717, 1.165) is 42.8 Å². The van der Waals surface area contributed by atoms with E-state index in [0.29, 0.717) is 13.0 Å². The highest BCUT2D eigenvalue weighted by molar-refractivity contribution is 5.81. The highest BCUT2D eigenvalue weighted by Gasteiger charge is 2.20. The molecule has 31 heavy (non-hydrogen) atoms. The van der Waals surface area contributed by atoms with E-state index in [4.69, 9.17) is 4.98 Å². The van der Waals surface area contributed by atoms with E-state index in [-0.39, 0.29) is 5.91 Å². The zero-order valence-electron chi connectivity index (χ0n) is 17.7. The molecule has 0 spiro atoms. The molecule has 0 saturated carbocycles. The van der Waals surface area contributed by atoms with Gasteiger partial charge in [0.15, 0.2) is 0 Å². The van der Waals surface area contributed by atoms with E-state index in [1.807, 2.05) is 29.2 Å². The van der Waals surface area contributed by atoms with Gasteiger partial charge in [-0.15, -0.1) is 0 Å². The number of carbonyl (C=O) groups excluding carboxylic acids is 1. The van der Waals surface area contributed by atoms with Crippen LogP contribution in [0.3, 0.4) is 0 Å². The van der Waals surface area contributed by atoms with Gasteiger partial charge in [-0.05, 0) is 48.1 Å². The van der Waals surface area contributed by atoms with Crippen molar-refractivity contribution < 1.29 is 4.79 Å². The average molecular weight is 410 g/mol. The van der Waals surface area contributed by atoms with Crippen molar-refractivity contribution in [2.45, 2.75) is 32.2 Å². The number of imidazole rings is 1. The minimum atomic E-state index is 0.198. The van der Waals surface area contributed by atoms with Gasteiger partial charge in [0, 0.05) is 19.5 Å². The predicted molar refractivity (Wildman–Crippen MR) is 125 cm³/mol. The smallest absolute Gasteiger partial charge is 0.242 e. The Balaban J connectivity index is 1.41. The predicted octanol–water partition coefficient (Wildman–Crippen LogP) is 5.31. The molecular weight excluding hydrogens is 382 g/mol. The molecule has 0 bridgehead atoms. The van der Waals surface area contributed by atoms with E-state index >= 15 is 0 Å². The number of piperidine rings is 1. The lowest BCUT2D eigenvalue weighted by Crippen LogP contribution is -2.38. The maximum absolute atomic E-state index is 13.0. The topological polar surface area (TPSA) is 38.1 Å². The average Bonchev–Trinajstić information content (AvgIpc) is 3.17. The number of fused-ring (bicyclic) bond motifs is 1. The molecule has 1 amide bonds. The summed E-state index contributed by atoms with van der Waals surface area (Å²) >= 11 is 0. The van der Waals surface area contributed by atoms with Crippen molar-refractivity contribution >= 4 is 16.9 Å². The molecule has 0 radical (unpaired) electrons. The fourth-order valence-electron chi connectivity index (χ4n) is 4.44. The van der Waals surface area contributed by atoms with Crippen LogP contribution in [0.1, 0.15) is 30.7 Å². The second-order valence-corrected chi connectivity index (χ2v) is 8.28. The van der Waals surface area contributed by atoms with E-state index in [1.165, 1.54) is 23.1 Å². The van der Waals surface area contributed by atoms with Gasteiger partial charge in [0.25, 0.3) is 0 Å². The molecule has 0 atom stereocenters. The summed E-state index contributed by atoms with van der Waals surface area (Å²) in [5.41, 5.74) is 5.60. The van der Waals surface area contributed by atoms with Crippen LogP contribution in [0, 0.1) is 0 Å². The van der Waals surface area contributed by atoms with Crippen LogP contribution >= 0.6 is 0 Å². The Morgan fingerprint density at radius 1 is 0.774 bits per heavy atom. The Morgan fingerprint density at radius 3 is 2.23 bits per heavy atom. The van der Waals surface area contributed by atoms with Crippen LogP contribution in [0.15, 0.2) is 78.9 Å². The van der Waals surface area contributed by atoms with Crippen LogP contribution in [0.5, 0.6) is 0 Å². The minimum absolute atomic E-state index is 0.198. The number of para-hydroxylation sites is 2. The SMILES string of the molecule is O=C(Cn1c(Cc2ccc(-c3ccccc3)cc2)nc2ccccc21)N1CCCCC1. The molecule has 1 aliphatic rings. The number of amides is 1. The monoisotopic (exact) mass is 409 g/mol. The first-order valence-corrected chi connectivity index (χ1v) is 11.1. The lowest BCUT2D eigenvalue weighted by molar-refractivity contribution is -0.132. The Morgan fingerprint density at radius 2 is 1.45 bits per heavy atom. The second kappa shape index (κ2) is 8.76. The molecule has 4 aromatic rings. The first kappa shape index (κ1) is 19.6. The lowest BCUT2D eigenvalue weighted by Gasteiger charge is -2.27. The van der Waals surface area contributed by atoms with Gasteiger partial charge in [0.2, 0.25) is 5.91 Å². The maximum Gasteiger partial charge on any atom is 0.242 e. The fraction of sp³-hybridized carbons (Fsp3) is 0.259. The molecule has 0 N–H and O–H groups in total. The lowest BCUT2D eigenvalue weighted by atomic mass is 10.0. The number of nitrogens with zero attached hydrogens (tertiary/aromatic N) is 3. The first-order valence-electron chi connectivity index (χ1n) is 11.1. The summed E-state index contributed by atoms with van der Waals surface area (Å²) in [5.74, 6) is 1.14. The van der Waals surface area contributed by atoms with Gasteiger partial charge in [-0.3, -0.25) is 4.79 Å². The summed E-state index contributed by atoms with van der Waals surface area (Å²) in [5, 5.41) is 0. The third-order valence-electron chi connectivity index (χ3n) is 6.16. The Labute approximate surface area is 183 Å². The largest absolute Gasteiger partial charge is 0.341 e. The zero-order valence-corrected chi connectivity index (χ0v) is 17.7. The van der Waals surface area contributed by atoms with Crippen molar-refractivity contribution in [3.8, 4) is 11.1 Å². The summed E-state index contributed by atoms with van der Waals surface area (Å²) < 4.78 is 2.11. The van der Waals surface area contributed by atoms with Crippen LogP contribution in [0.4, 0.5) is 0 Å². The van der Waals surface area contributed by atoms with Crippen molar-refractivity contribution in [3.63, 3.8) is 0 Å². The summed E-state index contributed by atoms with van der Waals surface area (Å²) in [4.78, 5) is 19.9. The number of rotatable bonds is 5. The molecule has 4 heteroatoms. The van der Waals surface area contributed by atoms with Gasteiger partial charge in [0.1, 0.15) is 12.4 Å². The van der Waals surface area contributed by atoms with E-state index in [2.05, 4.69) is 59.2 Å². The summed E-state index contributed by atoms with van der Waals surface area (Å²) in [6.45, 7) is 2.11. The molecule has 1 saturated heterocycles. The standard InChI is InChI=1S/C27H27N3O/c31-27(29-17-7-2-8-18-29)20-30-25-12-6-5-11-24(25)28-26(30)19-21-13-15-23(16-14-21)22-9-3-1-4-10-22/h1,3-6,9-16H,2,7-8,17-20H2. The number of aromatic nitrogens is 2. The molecule has 0 unspecified atom stereocenters. The van der Waals surface area contributed by atoms with E-state index < -0.39 is 0 Å². The number of hydrogen-bond donors (Lipinski definition) is 0. The zero-order chi connectivity index (χ0) is 21.0. The molecule has 0 aliphatic carbocycles. The normalized spacial score (nSPS) is 14.1. The minimum Gasteiger partial charge on any atom is -0.341 e. The molecule has 1 aromatic heterocycles. The number of benzene rings is 3. The Bertz CT molecular complexity index is 1170. The number of likely N-dealkylation sites (tertiary alicyclic amines) is 1. The molecule has 3 aromatic carbocycles. The fourth-order valence-corrected chi connectivity index (χ4v) is 4.44. The molecular formula is C27H27N3O. The molecule has 1 aliphatic heterocycles. The van der Waals surface area contributed by atoms with Gasteiger partial charge >= 0.3 is 0 Å². The van der Waals surface area contributed by atoms with Crippen molar-refractivity contribution in [1.82, 2.24) is 14.5 Å². The molecule has 2 heterocycles. The van der Waals surface area contributed by atoms with Crippen molar-refractivity contribution in [3.05, 3.63) is 90.3 Å². The van der Waals surface area contributed by atoms with Crippen LogP contribution in [0.25, 0.3) is 22.2 Å². The summed E-state index contributed by atoms with van der Waals surface area (Å²) in [6, 6.07) is 27.2. The van der Waals surface area contributed by atoms with Gasteiger partial charge in [0.05, 0.1) is 11.0 Å². The van der Waals surface area contributed by atoms with E-state index in [9.17, 15) is 4.79 Å². The second-order valence-electron chi connectivity index (χ2n) is 8.28. The van der Waals surface area contributed by atoms with Crippen molar-refractivity contribution in [2.75, 3.05) is 13.1 Å². The quantitative estimate of drug-likeness (QED) is 0.448. The molecule has 5 rings (SSSR count). The highest BCUT2D eigenvalue weighted by Crippen LogP contribution is 2.23. The van der Waals surface area contributed by atoms with E-state index in [1.54, 1.807) is 0 Å². The molecule has 156 valence electrons. The van der Waals surface area contributed by atoms with Crippen LogP contribution < -0.4 is 0 Å². The number of hydrogen-bond acceptors (Lipinski definition) is 2. The maximum atomic E-state index is 13.0. The van der Waals surface area contributed by atoms with Gasteiger partial charge in [-0.2, -0.15) is 0 Å². The van der Waals surface area contributed by atoms with Gasteiger partial charge < -0.3 is 9.47 Å². The summed E-state index contributed by atoms with van der Waals surface area (Å²) in [7, 11) is 0. The van der Waals surface area contributed by atoms with Gasteiger partial charge in [-0.1, -0.05) is 66.7 Å². The molecule has 4 nitrogen and oxygen atoms in total. The Kier molecular flexibility index (Phi) is 5.53. The van der Waals surface area contributed by atoms with Crippen LogP contribution in [-0.2, 0) is 17.8 Å². The third-order valence-corrected chi connectivity index (χ3v) is 6.16. The van der Waals surface area contributed by atoms with Crippen LogP contribution in [-0.4, -0.2) is 33.4 Å². The number of carbonyl (C=O) groups is 1. The highest BCUT2D eigenvalue weighted by atomic mass is 16.2. The summed E-state index contributed by atoms with van der Waals surface area (Å²) in [6.07, 6.45) is 4.15. The van der Waals surface area contributed by atoms with Crippen molar-refractivity contribution in [1.29, 1.82) is 0 Å². The third kappa shape index (κ3) is 4.24. The van der Waals surface area contributed by atoms with Crippen LogP contribution in [0.2, 0.25) is 0 Å². The van der Waals surface area contributed by atoms with Crippen molar-refractivity contribution in [2.24, 2.45) is 0 Å². The first-order chi connectivity index (χ1) is 15.3. The molecule has 1 fully saturated rings. The van der Waals surface area contributed by atoms with Gasteiger partial charge in [-0.25, -0.2) is 4.98 Å².